The van der Waals surface area contributed by atoms with Crippen LogP contribution < -0.4 is 0 Å². The lowest BCUT2D eigenvalue weighted by Crippen LogP contribution is -2.36. The maximum Gasteiger partial charge on any atom is 0.0738 e. The number of aryl methyl sites for hydroxylation is 2. The van der Waals surface area contributed by atoms with E-state index in [1.807, 2.05) is 18.7 Å². The molecule has 1 aliphatic rings. The minimum atomic E-state index is -0.265. The lowest BCUT2D eigenvalue weighted by atomic mass is 9.72. The Morgan fingerprint density at radius 1 is 1.35 bits per heavy atom. The van der Waals surface area contributed by atoms with Crippen molar-refractivity contribution in [2.24, 2.45) is 18.4 Å². The van der Waals surface area contributed by atoms with E-state index >= 15 is 0 Å². The molecule has 1 aliphatic carbocycles. The second kappa shape index (κ2) is 6.18. The van der Waals surface area contributed by atoms with Crippen molar-refractivity contribution in [3.05, 3.63) is 15.9 Å². The van der Waals surface area contributed by atoms with Gasteiger partial charge in [0.2, 0.25) is 0 Å². The van der Waals surface area contributed by atoms with Crippen LogP contribution in [0.5, 0.6) is 0 Å². The Morgan fingerprint density at radius 3 is 2.40 bits per heavy atom. The average molecular weight is 343 g/mol. The summed E-state index contributed by atoms with van der Waals surface area (Å²) in [5.74, 6) is 0.638. The fourth-order valence-electron chi connectivity index (χ4n) is 3.87. The summed E-state index contributed by atoms with van der Waals surface area (Å²) in [5, 5.41) is 15.3. The maximum atomic E-state index is 10.9. The van der Waals surface area contributed by atoms with Gasteiger partial charge in [-0.05, 0) is 53.4 Å². The standard InChI is InChI=1S/C16H27BrN2O/c1-11(2)10-16(7-5-6-8-16)14(20)9-13-15(17)12(3)18-19(13)4/h11,14,20H,5-10H2,1-4H3. The summed E-state index contributed by atoms with van der Waals surface area (Å²) in [7, 11) is 1.96. The molecule has 1 aromatic heterocycles. The van der Waals surface area contributed by atoms with E-state index in [4.69, 9.17) is 0 Å². The van der Waals surface area contributed by atoms with Gasteiger partial charge in [0.25, 0.3) is 0 Å². The molecule has 0 radical (unpaired) electrons. The van der Waals surface area contributed by atoms with Gasteiger partial charge in [-0.3, -0.25) is 4.68 Å². The van der Waals surface area contributed by atoms with E-state index in [9.17, 15) is 5.11 Å². The van der Waals surface area contributed by atoms with E-state index in [-0.39, 0.29) is 11.5 Å². The van der Waals surface area contributed by atoms with Crippen LogP contribution in [0.3, 0.4) is 0 Å². The third-order valence-corrected chi connectivity index (χ3v) is 5.80. The van der Waals surface area contributed by atoms with Gasteiger partial charge in [-0.15, -0.1) is 0 Å². The third-order valence-electron chi connectivity index (χ3n) is 4.77. The Bertz CT molecular complexity index is 461. The summed E-state index contributed by atoms with van der Waals surface area (Å²) in [6.45, 7) is 6.52. The van der Waals surface area contributed by atoms with Gasteiger partial charge in [0, 0.05) is 13.5 Å². The molecule has 1 fully saturated rings. The minimum absolute atomic E-state index is 0.117. The molecule has 4 heteroatoms. The third kappa shape index (κ3) is 3.11. The van der Waals surface area contributed by atoms with Crippen LogP contribution in [-0.4, -0.2) is 21.0 Å². The van der Waals surface area contributed by atoms with Gasteiger partial charge >= 0.3 is 0 Å². The van der Waals surface area contributed by atoms with Crippen LogP contribution in [0.2, 0.25) is 0 Å². The van der Waals surface area contributed by atoms with Crippen molar-refractivity contribution < 1.29 is 5.11 Å². The highest BCUT2D eigenvalue weighted by Crippen LogP contribution is 2.47. The zero-order chi connectivity index (χ0) is 14.9. The van der Waals surface area contributed by atoms with Gasteiger partial charge < -0.3 is 5.11 Å². The lowest BCUT2D eigenvalue weighted by molar-refractivity contribution is 0.0121. The molecule has 1 N–H and O–H groups in total. The largest absolute Gasteiger partial charge is 0.392 e. The van der Waals surface area contributed by atoms with Gasteiger partial charge in [-0.1, -0.05) is 26.7 Å². The second-order valence-electron chi connectivity index (χ2n) is 6.86. The molecule has 1 unspecified atom stereocenters. The highest BCUT2D eigenvalue weighted by molar-refractivity contribution is 9.10. The number of halogens is 1. The number of nitrogens with zero attached hydrogens (tertiary/aromatic N) is 2. The minimum Gasteiger partial charge on any atom is -0.392 e. The fourth-order valence-corrected chi connectivity index (χ4v) is 4.36. The Balaban J connectivity index is 2.18. The highest BCUT2D eigenvalue weighted by atomic mass is 79.9. The van der Waals surface area contributed by atoms with Crippen molar-refractivity contribution >= 4 is 15.9 Å². The van der Waals surface area contributed by atoms with Crippen molar-refractivity contribution in [2.75, 3.05) is 0 Å². The molecule has 0 aliphatic heterocycles. The van der Waals surface area contributed by atoms with Gasteiger partial charge in [0.05, 0.1) is 22.0 Å². The van der Waals surface area contributed by atoms with E-state index in [0.717, 1.165) is 22.3 Å². The van der Waals surface area contributed by atoms with Gasteiger partial charge in [0.15, 0.2) is 0 Å². The normalized spacial score (nSPS) is 19.8. The molecule has 0 spiro atoms. The van der Waals surface area contributed by atoms with Crippen LogP contribution in [0, 0.1) is 18.3 Å². The first kappa shape index (κ1) is 16.0. The van der Waals surface area contributed by atoms with Crippen molar-refractivity contribution in [3.63, 3.8) is 0 Å². The highest BCUT2D eigenvalue weighted by Gasteiger charge is 2.41. The Labute approximate surface area is 130 Å². The number of aliphatic hydroxyl groups excluding tert-OH is 1. The summed E-state index contributed by atoms with van der Waals surface area (Å²) < 4.78 is 2.96. The maximum absolute atomic E-state index is 10.9. The van der Waals surface area contributed by atoms with Crippen molar-refractivity contribution in [1.29, 1.82) is 0 Å². The molecule has 1 atom stereocenters. The van der Waals surface area contributed by atoms with Crippen LogP contribution in [0.4, 0.5) is 0 Å². The van der Waals surface area contributed by atoms with Crippen LogP contribution in [0.25, 0.3) is 0 Å². The van der Waals surface area contributed by atoms with E-state index < -0.39 is 0 Å². The molecule has 20 heavy (non-hydrogen) atoms. The summed E-state index contributed by atoms with van der Waals surface area (Å²) in [4.78, 5) is 0. The predicted octanol–water partition coefficient (Wildman–Crippen LogP) is 4.00. The zero-order valence-corrected chi connectivity index (χ0v) is 14.7. The van der Waals surface area contributed by atoms with Gasteiger partial charge in [-0.2, -0.15) is 5.10 Å². The Hall–Kier alpha value is -0.350. The molecular weight excluding hydrogens is 316 g/mol. The average Bonchev–Trinajstić information content (AvgIpc) is 2.90. The summed E-state index contributed by atoms with van der Waals surface area (Å²) in [5.41, 5.74) is 2.23. The lowest BCUT2D eigenvalue weighted by Gasteiger charge is -2.36. The molecule has 0 bridgehead atoms. The van der Waals surface area contributed by atoms with Gasteiger partial charge in [0.1, 0.15) is 0 Å². The van der Waals surface area contributed by atoms with Gasteiger partial charge in [-0.25, -0.2) is 0 Å². The Morgan fingerprint density at radius 2 is 1.95 bits per heavy atom. The molecule has 1 heterocycles. The van der Waals surface area contributed by atoms with E-state index in [0.29, 0.717) is 12.3 Å². The predicted molar refractivity (Wildman–Crippen MR) is 85.7 cm³/mol. The topological polar surface area (TPSA) is 38.0 Å². The fraction of sp³-hybridized carbons (Fsp3) is 0.812. The summed E-state index contributed by atoms with van der Waals surface area (Å²) >= 11 is 3.61. The zero-order valence-electron chi connectivity index (χ0n) is 13.1. The summed E-state index contributed by atoms with van der Waals surface area (Å²) in [6.07, 6.45) is 6.41. The first-order valence-electron chi connectivity index (χ1n) is 7.72. The van der Waals surface area contributed by atoms with E-state index in [2.05, 4.69) is 34.9 Å². The molecule has 3 nitrogen and oxygen atoms in total. The van der Waals surface area contributed by atoms with Crippen LogP contribution in [0.15, 0.2) is 4.47 Å². The molecule has 2 rings (SSSR count). The number of aliphatic hydroxyl groups is 1. The second-order valence-corrected chi connectivity index (χ2v) is 7.65. The quantitative estimate of drug-likeness (QED) is 0.877. The summed E-state index contributed by atoms with van der Waals surface area (Å²) in [6, 6.07) is 0. The molecule has 0 aromatic carbocycles. The molecule has 0 saturated heterocycles. The molecule has 0 amide bonds. The van der Waals surface area contributed by atoms with Crippen LogP contribution >= 0.6 is 15.9 Å². The SMILES string of the molecule is Cc1nn(C)c(CC(O)C2(CC(C)C)CCCC2)c1Br. The molecule has 114 valence electrons. The first-order chi connectivity index (χ1) is 9.35. The van der Waals surface area contributed by atoms with E-state index in [1.54, 1.807) is 0 Å². The van der Waals surface area contributed by atoms with Crippen LogP contribution in [0.1, 0.15) is 57.3 Å². The van der Waals surface area contributed by atoms with Crippen molar-refractivity contribution in [1.82, 2.24) is 9.78 Å². The van der Waals surface area contributed by atoms with Crippen molar-refractivity contribution in [2.45, 2.75) is 65.4 Å². The monoisotopic (exact) mass is 342 g/mol. The number of aromatic nitrogens is 2. The van der Waals surface area contributed by atoms with Crippen LogP contribution in [-0.2, 0) is 13.5 Å². The number of hydrogen-bond acceptors (Lipinski definition) is 2. The van der Waals surface area contributed by atoms with E-state index in [1.165, 1.54) is 25.7 Å². The first-order valence-corrected chi connectivity index (χ1v) is 8.51. The number of hydrogen-bond donors (Lipinski definition) is 1. The van der Waals surface area contributed by atoms with Crippen molar-refractivity contribution in [3.8, 4) is 0 Å². The number of rotatable bonds is 5. The molecule has 1 saturated carbocycles. The molecular formula is C16H27BrN2O. The smallest absolute Gasteiger partial charge is 0.0738 e. The Kier molecular flexibility index (Phi) is 4.96. The molecule has 1 aromatic rings.